The Morgan fingerprint density at radius 3 is 1.80 bits per heavy atom. The minimum Gasteiger partial charge on any atom is -0.354 e. The van der Waals surface area contributed by atoms with E-state index >= 15 is 0 Å². The number of nitrogens with one attached hydrogen (secondary N) is 1. The number of anilines is 3. The summed E-state index contributed by atoms with van der Waals surface area (Å²) < 4.78 is 0. The summed E-state index contributed by atoms with van der Waals surface area (Å²) in [5.41, 5.74) is 15.1. The average Bonchev–Trinajstić information content (AvgIpc) is 3.65. The van der Waals surface area contributed by atoms with Crippen LogP contribution in [0.25, 0.3) is 44.1 Å². The van der Waals surface area contributed by atoms with Gasteiger partial charge in [0.25, 0.3) is 0 Å². The third kappa shape index (κ3) is 4.42. The number of nitrogens with zero attached hydrogens (tertiary/aromatic N) is 1. The van der Waals surface area contributed by atoms with Crippen LogP contribution in [0.3, 0.4) is 0 Å². The molecule has 1 atom stereocenters. The van der Waals surface area contributed by atoms with Crippen molar-refractivity contribution in [2.45, 2.75) is 12.3 Å². The lowest BCUT2D eigenvalue weighted by molar-refractivity contribution is 0.827. The summed E-state index contributed by atoms with van der Waals surface area (Å²) in [6.45, 7) is 0. The molecule has 7 aromatic carbocycles. The van der Waals surface area contributed by atoms with E-state index < -0.39 is 0 Å². The normalized spacial score (nSPS) is 13.5. The molecule has 1 heterocycles. The van der Waals surface area contributed by atoms with E-state index in [2.05, 4.69) is 180 Å². The zero-order valence-corrected chi connectivity index (χ0v) is 25.4. The van der Waals surface area contributed by atoms with Crippen LogP contribution in [0.4, 0.5) is 17.1 Å². The SMILES string of the molecule is c1ccc(CC2c3cc(-c4cccc5c4[nH]c4ccccc45)ccc3-c3ccc(N(c4ccccc4)c4ccccc4)cc32)cc1. The van der Waals surface area contributed by atoms with Crippen LogP contribution in [-0.4, -0.2) is 4.98 Å². The van der Waals surface area contributed by atoms with Crippen molar-refractivity contribution in [1.29, 1.82) is 0 Å². The fourth-order valence-corrected chi connectivity index (χ4v) is 7.44. The van der Waals surface area contributed by atoms with Gasteiger partial charge in [-0.2, -0.15) is 0 Å². The number of aromatic nitrogens is 1. The molecule has 0 aliphatic heterocycles. The van der Waals surface area contributed by atoms with Crippen LogP contribution in [0, 0.1) is 0 Å². The molecule has 0 bridgehead atoms. The third-order valence-corrected chi connectivity index (χ3v) is 9.55. The van der Waals surface area contributed by atoms with Crippen LogP contribution in [0.15, 0.2) is 170 Å². The Morgan fingerprint density at radius 1 is 0.457 bits per heavy atom. The molecule has 2 nitrogen and oxygen atoms in total. The number of aromatic amines is 1. The Labute approximate surface area is 269 Å². The molecule has 46 heavy (non-hydrogen) atoms. The van der Waals surface area contributed by atoms with Gasteiger partial charge in [-0.05, 0) is 88.3 Å². The summed E-state index contributed by atoms with van der Waals surface area (Å²) in [6, 6.07) is 61.7. The first-order valence-electron chi connectivity index (χ1n) is 16.0. The van der Waals surface area contributed by atoms with E-state index in [1.165, 1.54) is 66.4 Å². The van der Waals surface area contributed by atoms with Gasteiger partial charge in [0, 0.05) is 44.8 Å². The van der Waals surface area contributed by atoms with E-state index in [1.54, 1.807) is 0 Å². The Kier molecular flexibility index (Phi) is 6.31. The van der Waals surface area contributed by atoms with E-state index in [-0.39, 0.29) is 5.92 Å². The fourth-order valence-electron chi connectivity index (χ4n) is 7.44. The van der Waals surface area contributed by atoms with Crippen LogP contribution in [0.1, 0.15) is 22.6 Å². The lowest BCUT2D eigenvalue weighted by atomic mass is 9.88. The van der Waals surface area contributed by atoms with Crippen molar-refractivity contribution < 1.29 is 0 Å². The third-order valence-electron chi connectivity index (χ3n) is 9.55. The van der Waals surface area contributed by atoms with Crippen molar-refractivity contribution in [2.24, 2.45) is 0 Å². The molecule has 9 rings (SSSR count). The molecule has 0 saturated carbocycles. The quantitative estimate of drug-likeness (QED) is 0.205. The average molecular weight is 589 g/mol. The van der Waals surface area contributed by atoms with Gasteiger partial charge in [0.05, 0.1) is 5.52 Å². The summed E-state index contributed by atoms with van der Waals surface area (Å²) in [5.74, 6) is 0.239. The van der Waals surface area contributed by atoms with Crippen LogP contribution in [-0.2, 0) is 6.42 Å². The molecule has 2 heteroatoms. The fraction of sp³-hybridized carbons (Fsp3) is 0.0455. The zero-order chi connectivity index (χ0) is 30.5. The second-order valence-electron chi connectivity index (χ2n) is 12.2. The lowest BCUT2D eigenvalue weighted by Gasteiger charge is -2.26. The Bertz CT molecular complexity index is 2300. The predicted octanol–water partition coefficient (Wildman–Crippen LogP) is 11.8. The second-order valence-corrected chi connectivity index (χ2v) is 12.2. The van der Waals surface area contributed by atoms with E-state index in [0.717, 1.165) is 17.8 Å². The summed E-state index contributed by atoms with van der Waals surface area (Å²) in [4.78, 5) is 6.09. The van der Waals surface area contributed by atoms with Gasteiger partial charge in [-0.25, -0.2) is 0 Å². The largest absolute Gasteiger partial charge is 0.354 e. The van der Waals surface area contributed by atoms with Crippen molar-refractivity contribution in [1.82, 2.24) is 4.98 Å². The number of fused-ring (bicyclic) bond motifs is 6. The molecule has 0 spiro atoms. The number of H-pyrrole nitrogens is 1. The molecule has 1 unspecified atom stereocenters. The first-order valence-corrected chi connectivity index (χ1v) is 16.0. The Hall–Kier alpha value is -5.86. The second kappa shape index (κ2) is 10.9. The standard InChI is InChI=1S/C44H32N2/c1-4-13-30(14-5-1)27-40-41-28-31(35-20-12-21-39-38-19-10-11-22-43(38)45-44(35)39)23-25-36(41)37-26-24-34(29-42(37)40)46(32-15-6-2-7-16-32)33-17-8-3-9-18-33/h1-26,28-29,40,45H,27H2. The van der Waals surface area contributed by atoms with Gasteiger partial charge in [-0.3, -0.25) is 0 Å². The molecule has 8 aromatic rings. The molecule has 0 amide bonds. The summed E-state index contributed by atoms with van der Waals surface area (Å²) in [5, 5.41) is 2.54. The van der Waals surface area contributed by atoms with Crippen molar-refractivity contribution in [2.75, 3.05) is 4.90 Å². The maximum Gasteiger partial charge on any atom is 0.0544 e. The molecule has 1 N–H and O–H groups in total. The highest BCUT2D eigenvalue weighted by Gasteiger charge is 2.30. The van der Waals surface area contributed by atoms with Gasteiger partial charge >= 0.3 is 0 Å². The molecule has 1 aromatic heterocycles. The maximum absolute atomic E-state index is 3.73. The van der Waals surface area contributed by atoms with Gasteiger partial charge in [-0.1, -0.05) is 121 Å². The smallest absolute Gasteiger partial charge is 0.0544 e. The first kappa shape index (κ1) is 26.5. The first-order chi connectivity index (χ1) is 22.8. The molecular formula is C44H32N2. The molecule has 0 saturated heterocycles. The van der Waals surface area contributed by atoms with E-state index in [9.17, 15) is 0 Å². The van der Waals surface area contributed by atoms with Gasteiger partial charge in [-0.15, -0.1) is 0 Å². The summed E-state index contributed by atoms with van der Waals surface area (Å²) >= 11 is 0. The minimum absolute atomic E-state index is 0.239. The van der Waals surface area contributed by atoms with Crippen LogP contribution >= 0.6 is 0 Å². The topological polar surface area (TPSA) is 19.0 Å². The molecule has 0 radical (unpaired) electrons. The Balaban J connectivity index is 1.20. The number of para-hydroxylation sites is 4. The summed E-state index contributed by atoms with van der Waals surface area (Å²) in [7, 11) is 0. The van der Waals surface area contributed by atoms with Gasteiger partial charge < -0.3 is 9.88 Å². The van der Waals surface area contributed by atoms with Crippen LogP contribution < -0.4 is 4.90 Å². The molecular weight excluding hydrogens is 556 g/mol. The zero-order valence-electron chi connectivity index (χ0n) is 25.4. The van der Waals surface area contributed by atoms with Crippen molar-refractivity contribution >= 4 is 38.9 Å². The monoisotopic (exact) mass is 588 g/mol. The highest BCUT2D eigenvalue weighted by Crippen LogP contribution is 2.50. The van der Waals surface area contributed by atoms with Gasteiger partial charge in [0.1, 0.15) is 0 Å². The number of rotatable bonds is 6. The summed E-state index contributed by atoms with van der Waals surface area (Å²) in [6.07, 6.45) is 0.945. The molecule has 1 aliphatic rings. The van der Waals surface area contributed by atoms with Crippen LogP contribution in [0.2, 0.25) is 0 Å². The number of benzene rings is 7. The van der Waals surface area contributed by atoms with Crippen molar-refractivity contribution in [3.05, 3.63) is 187 Å². The number of hydrogen-bond donors (Lipinski definition) is 1. The Morgan fingerprint density at radius 2 is 1.07 bits per heavy atom. The van der Waals surface area contributed by atoms with E-state index in [1.807, 2.05) is 0 Å². The molecule has 0 fully saturated rings. The predicted molar refractivity (Wildman–Crippen MR) is 193 cm³/mol. The number of hydrogen-bond acceptors (Lipinski definition) is 1. The van der Waals surface area contributed by atoms with Crippen molar-refractivity contribution in [3.8, 4) is 22.3 Å². The van der Waals surface area contributed by atoms with Crippen molar-refractivity contribution in [3.63, 3.8) is 0 Å². The lowest BCUT2D eigenvalue weighted by Crippen LogP contribution is -2.10. The van der Waals surface area contributed by atoms with E-state index in [4.69, 9.17) is 0 Å². The highest BCUT2D eigenvalue weighted by atomic mass is 15.1. The minimum atomic E-state index is 0.239. The van der Waals surface area contributed by atoms with Crippen LogP contribution in [0.5, 0.6) is 0 Å². The van der Waals surface area contributed by atoms with Gasteiger partial charge in [0.15, 0.2) is 0 Å². The van der Waals surface area contributed by atoms with Gasteiger partial charge in [0.2, 0.25) is 0 Å². The maximum atomic E-state index is 3.73. The highest BCUT2D eigenvalue weighted by molar-refractivity contribution is 6.12. The van der Waals surface area contributed by atoms with E-state index in [0.29, 0.717) is 0 Å². The molecule has 1 aliphatic carbocycles. The molecule has 218 valence electrons.